The third kappa shape index (κ3) is 2.21. The van der Waals surface area contributed by atoms with Crippen LogP contribution in [0.1, 0.15) is 5.82 Å². The van der Waals surface area contributed by atoms with E-state index in [1.165, 1.54) is 0 Å². The molecule has 0 N–H and O–H groups in total. The van der Waals surface area contributed by atoms with Gasteiger partial charge in [-0.1, -0.05) is 0 Å². The Labute approximate surface area is 86.5 Å². The number of morpholine rings is 1. The Kier molecular flexibility index (Phi) is 2.51. The zero-order valence-corrected chi connectivity index (χ0v) is 8.34. The molecule has 2 rings (SSSR count). The summed E-state index contributed by atoms with van der Waals surface area (Å²) in [5.74, 6) is -0.182. The molecule has 0 unspecified atom stereocenters. The first-order chi connectivity index (χ1) is 7.15. The third-order valence-electron chi connectivity index (χ3n) is 2.22. The van der Waals surface area contributed by atoms with Crippen LogP contribution in [0.4, 0.5) is 0 Å². The highest BCUT2D eigenvalue weighted by Gasteiger charge is 2.25. The molecule has 0 amide bonds. The quantitative estimate of drug-likeness (QED) is 0.476. The van der Waals surface area contributed by atoms with Crippen LogP contribution in [0.2, 0.25) is 0 Å². The summed E-state index contributed by atoms with van der Waals surface area (Å²) in [6.07, 6.45) is 3.50. The molecule has 0 aliphatic carbocycles. The number of carbonyl (C=O) groups is 2. The predicted octanol–water partition coefficient (Wildman–Crippen LogP) is -0.694. The van der Waals surface area contributed by atoms with Gasteiger partial charge in [-0.05, 0) is 0 Å². The fourth-order valence-electron chi connectivity index (χ4n) is 1.47. The first kappa shape index (κ1) is 9.85. The van der Waals surface area contributed by atoms with Gasteiger partial charge in [0.05, 0.1) is 19.6 Å². The van der Waals surface area contributed by atoms with E-state index in [0.717, 1.165) is 5.82 Å². The van der Waals surface area contributed by atoms with Crippen molar-refractivity contribution in [2.24, 2.45) is 7.05 Å². The molecule has 1 saturated heterocycles. The lowest BCUT2D eigenvalue weighted by Gasteiger charge is -2.23. The molecular formula is C9H11N3O3. The molecule has 0 radical (unpaired) electrons. The maximum atomic E-state index is 11.0. The molecule has 80 valence electrons. The van der Waals surface area contributed by atoms with Gasteiger partial charge in [0.2, 0.25) is 0 Å². The van der Waals surface area contributed by atoms with Crippen LogP contribution in [0.5, 0.6) is 0 Å². The molecule has 0 bridgehead atoms. The van der Waals surface area contributed by atoms with Gasteiger partial charge in [0, 0.05) is 19.4 Å². The summed E-state index contributed by atoms with van der Waals surface area (Å²) in [5.41, 5.74) is 0. The lowest BCUT2D eigenvalue weighted by molar-refractivity contribution is -0.167. The molecule has 1 aliphatic rings. The van der Waals surface area contributed by atoms with Gasteiger partial charge in [0.1, 0.15) is 5.82 Å². The van der Waals surface area contributed by atoms with Crippen molar-refractivity contribution >= 4 is 11.9 Å². The monoisotopic (exact) mass is 209 g/mol. The van der Waals surface area contributed by atoms with Crippen LogP contribution in [0.3, 0.4) is 0 Å². The molecule has 1 aliphatic heterocycles. The Hall–Kier alpha value is -1.69. The first-order valence-corrected chi connectivity index (χ1v) is 4.57. The smallest absolute Gasteiger partial charge is 0.327 e. The number of nitrogens with zero attached hydrogens (tertiary/aromatic N) is 3. The van der Waals surface area contributed by atoms with E-state index in [1.54, 1.807) is 11.1 Å². The highest BCUT2D eigenvalue weighted by molar-refractivity contribution is 5.90. The number of carbonyl (C=O) groups excluding carboxylic acids is 2. The summed E-state index contributed by atoms with van der Waals surface area (Å²) in [6, 6.07) is 0. The standard InChI is InChI=1S/C9H11N3O3/c1-11-3-2-10-7(11)4-12-5-8(13)15-9(14)6-12/h2-3H,4-6H2,1H3. The second-order valence-electron chi connectivity index (χ2n) is 3.45. The third-order valence-corrected chi connectivity index (χ3v) is 2.22. The van der Waals surface area contributed by atoms with E-state index >= 15 is 0 Å². The minimum Gasteiger partial charge on any atom is -0.391 e. The molecule has 1 aromatic heterocycles. The van der Waals surface area contributed by atoms with E-state index < -0.39 is 11.9 Å². The van der Waals surface area contributed by atoms with Crippen molar-refractivity contribution in [1.82, 2.24) is 14.5 Å². The lowest BCUT2D eigenvalue weighted by Crippen LogP contribution is -2.42. The summed E-state index contributed by atoms with van der Waals surface area (Å²) in [4.78, 5) is 27.8. The second kappa shape index (κ2) is 3.82. The highest BCUT2D eigenvalue weighted by Crippen LogP contribution is 2.05. The van der Waals surface area contributed by atoms with Crippen molar-refractivity contribution in [2.75, 3.05) is 13.1 Å². The van der Waals surface area contributed by atoms with Crippen molar-refractivity contribution in [2.45, 2.75) is 6.54 Å². The van der Waals surface area contributed by atoms with Crippen LogP contribution in [0.25, 0.3) is 0 Å². The van der Waals surface area contributed by atoms with Crippen molar-refractivity contribution in [3.05, 3.63) is 18.2 Å². The Morgan fingerprint density at radius 2 is 2.07 bits per heavy atom. The van der Waals surface area contributed by atoms with Crippen LogP contribution >= 0.6 is 0 Å². The van der Waals surface area contributed by atoms with Crippen LogP contribution in [-0.4, -0.2) is 39.5 Å². The number of imidazole rings is 1. The fourth-order valence-corrected chi connectivity index (χ4v) is 1.47. The number of hydrogen-bond donors (Lipinski definition) is 0. The number of aryl methyl sites for hydroxylation is 1. The SMILES string of the molecule is Cn1ccnc1CN1CC(=O)OC(=O)C1. The van der Waals surface area contributed by atoms with E-state index in [-0.39, 0.29) is 13.1 Å². The number of esters is 2. The summed E-state index contributed by atoms with van der Waals surface area (Å²) >= 11 is 0. The normalized spacial score (nSPS) is 17.9. The molecule has 0 spiro atoms. The fraction of sp³-hybridized carbons (Fsp3) is 0.444. The molecule has 1 aromatic rings. The van der Waals surface area contributed by atoms with Gasteiger partial charge < -0.3 is 9.30 Å². The first-order valence-electron chi connectivity index (χ1n) is 4.57. The molecule has 2 heterocycles. The van der Waals surface area contributed by atoms with Gasteiger partial charge in [-0.2, -0.15) is 0 Å². The zero-order chi connectivity index (χ0) is 10.8. The average molecular weight is 209 g/mol. The molecule has 0 aromatic carbocycles. The summed E-state index contributed by atoms with van der Waals surface area (Å²) in [6.45, 7) is 0.752. The summed E-state index contributed by atoms with van der Waals surface area (Å²) in [5, 5.41) is 0. The van der Waals surface area contributed by atoms with Crippen LogP contribution in [0, 0.1) is 0 Å². The Morgan fingerprint density at radius 1 is 1.40 bits per heavy atom. The zero-order valence-electron chi connectivity index (χ0n) is 8.34. The van der Waals surface area contributed by atoms with Crippen molar-refractivity contribution in [3.8, 4) is 0 Å². The number of cyclic esters (lactones) is 2. The summed E-state index contributed by atoms with van der Waals surface area (Å²) in [7, 11) is 1.87. The van der Waals surface area contributed by atoms with Gasteiger partial charge in [-0.25, -0.2) is 4.98 Å². The van der Waals surface area contributed by atoms with E-state index in [4.69, 9.17) is 0 Å². The van der Waals surface area contributed by atoms with Gasteiger partial charge >= 0.3 is 11.9 Å². The minimum atomic E-state index is -0.500. The lowest BCUT2D eigenvalue weighted by atomic mass is 10.4. The maximum absolute atomic E-state index is 11.0. The summed E-state index contributed by atoms with van der Waals surface area (Å²) < 4.78 is 6.27. The molecule has 6 nitrogen and oxygen atoms in total. The minimum absolute atomic E-state index is 0.137. The van der Waals surface area contributed by atoms with Crippen LogP contribution in [0.15, 0.2) is 12.4 Å². The number of ether oxygens (including phenoxy) is 1. The highest BCUT2D eigenvalue weighted by atomic mass is 16.6. The molecule has 0 atom stereocenters. The Bertz CT molecular complexity index is 383. The Balaban J connectivity index is 2.03. The number of hydrogen-bond acceptors (Lipinski definition) is 5. The molecule has 6 heteroatoms. The van der Waals surface area contributed by atoms with E-state index in [2.05, 4.69) is 9.72 Å². The molecule has 15 heavy (non-hydrogen) atoms. The van der Waals surface area contributed by atoms with Gasteiger partial charge in [-0.15, -0.1) is 0 Å². The molecule has 0 saturated carbocycles. The number of aromatic nitrogens is 2. The van der Waals surface area contributed by atoms with Gasteiger partial charge in [0.25, 0.3) is 0 Å². The van der Waals surface area contributed by atoms with Crippen LogP contribution < -0.4 is 0 Å². The van der Waals surface area contributed by atoms with Crippen molar-refractivity contribution in [3.63, 3.8) is 0 Å². The van der Waals surface area contributed by atoms with Gasteiger partial charge in [-0.3, -0.25) is 14.5 Å². The van der Waals surface area contributed by atoms with Crippen LogP contribution in [-0.2, 0) is 27.9 Å². The maximum Gasteiger partial charge on any atom is 0.327 e. The topological polar surface area (TPSA) is 64.4 Å². The van der Waals surface area contributed by atoms with E-state index in [1.807, 2.05) is 17.8 Å². The van der Waals surface area contributed by atoms with Gasteiger partial charge in [0.15, 0.2) is 0 Å². The van der Waals surface area contributed by atoms with E-state index in [0.29, 0.717) is 6.54 Å². The predicted molar refractivity (Wildman–Crippen MR) is 49.6 cm³/mol. The number of rotatable bonds is 2. The second-order valence-corrected chi connectivity index (χ2v) is 3.45. The Morgan fingerprint density at radius 3 is 2.60 bits per heavy atom. The van der Waals surface area contributed by atoms with Crippen molar-refractivity contribution < 1.29 is 14.3 Å². The molecular weight excluding hydrogens is 198 g/mol. The van der Waals surface area contributed by atoms with E-state index in [9.17, 15) is 9.59 Å². The average Bonchev–Trinajstić information content (AvgIpc) is 2.50. The van der Waals surface area contributed by atoms with Crippen molar-refractivity contribution in [1.29, 1.82) is 0 Å². The largest absolute Gasteiger partial charge is 0.391 e. The molecule has 1 fully saturated rings.